The minimum absolute atomic E-state index is 0.495. The molecule has 0 bridgehead atoms. The van der Waals surface area contributed by atoms with Crippen LogP contribution in [0.15, 0.2) is 188 Å². The lowest BCUT2D eigenvalue weighted by Crippen LogP contribution is -2.04. The predicted molar refractivity (Wildman–Crippen MR) is 229 cm³/mol. The van der Waals surface area contributed by atoms with Gasteiger partial charge in [-0.3, -0.25) is 0 Å². The molecule has 10 aromatic rings. The van der Waals surface area contributed by atoms with E-state index in [1.165, 1.54) is 0 Å². The fourth-order valence-electron chi connectivity index (χ4n) is 7.36. The number of rotatable bonds is 7. The summed E-state index contributed by atoms with van der Waals surface area (Å²) in [4.78, 5) is 29.6. The van der Waals surface area contributed by atoms with Gasteiger partial charge in [0.25, 0.3) is 0 Å². The van der Waals surface area contributed by atoms with Crippen molar-refractivity contribution in [1.82, 2.24) is 29.5 Å². The lowest BCUT2D eigenvalue weighted by molar-refractivity contribution is 1.06. The Morgan fingerprint density at radius 2 is 0.860 bits per heavy atom. The summed E-state index contributed by atoms with van der Waals surface area (Å²) in [5.41, 5.74) is 10.2. The molecule has 7 heteroatoms. The molecule has 0 aliphatic heterocycles. The van der Waals surface area contributed by atoms with E-state index in [1.807, 2.05) is 133 Å². The summed E-state index contributed by atoms with van der Waals surface area (Å²) in [6.45, 7) is 7.87. The third kappa shape index (κ3) is 6.27. The monoisotopic (exact) mass is 729 g/mol. The Morgan fingerprint density at radius 3 is 1.44 bits per heavy atom. The summed E-state index contributed by atoms with van der Waals surface area (Å²) in [6.07, 6.45) is 0. The van der Waals surface area contributed by atoms with Crippen molar-refractivity contribution in [3.05, 3.63) is 199 Å². The van der Waals surface area contributed by atoms with E-state index in [2.05, 4.69) is 64.0 Å². The molecule has 0 aliphatic carbocycles. The molecule has 10 rings (SSSR count). The van der Waals surface area contributed by atoms with Gasteiger partial charge in [-0.1, -0.05) is 152 Å². The van der Waals surface area contributed by atoms with Crippen LogP contribution in [-0.4, -0.2) is 29.5 Å². The molecule has 7 aromatic carbocycles. The number of fused-ring (bicyclic) bond motifs is 3. The Hall–Kier alpha value is -8.08. The molecule has 7 nitrogen and oxygen atoms in total. The standard InChI is InChI=1S/C50H31N7/c1-51-38-27-28-40-39-24-14-15-25-44(39)57(46(40)31-38)45-29-26-37(49-52-42(33-16-6-2-7-17-33)32-43(53-49)34-18-8-3-9-19-34)30-41(45)50-55-47(35-20-10-4-11-21-35)54-48(56-50)36-22-12-5-13-23-36/h2-32H. The van der Waals surface area contributed by atoms with Crippen molar-refractivity contribution < 1.29 is 0 Å². The van der Waals surface area contributed by atoms with Crippen LogP contribution in [0.2, 0.25) is 0 Å². The largest absolute Gasteiger partial charge is 0.310 e. The van der Waals surface area contributed by atoms with Gasteiger partial charge in [-0.2, -0.15) is 0 Å². The van der Waals surface area contributed by atoms with Crippen LogP contribution in [0.1, 0.15) is 0 Å². The number of nitrogens with zero attached hydrogens (tertiary/aromatic N) is 7. The molecule has 0 saturated heterocycles. The number of aromatic nitrogens is 6. The summed E-state index contributed by atoms with van der Waals surface area (Å²) < 4.78 is 2.21. The SMILES string of the molecule is [C-]#[N+]c1ccc2c3ccccc3n(-c3ccc(-c4nc(-c5ccccc5)cc(-c5ccccc5)n4)cc3-c3nc(-c4ccccc4)nc(-c4ccccc4)n3)c2c1. The fourth-order valence-corrected chi connectivity index (χ4v) is 7.36. The molecule has 0 radical (unpaired) electrons. The molecule has 0 fully saturated rings. The van der Waals surface area contributed by atoms with Crippen LogP contribution in [0.5, 0.6) is 0 Å². The van der Waals surface area contributed by atoms with Gasteiger partial charge in [0, 0.05) is 49.7 Å². The number of para-hydroxylation sites is 1. The first kappa shape index (κ1) is 33.5. The molecular weight excluding hydrogens is 699 g/mol. The van der Waals surface area contributed by atoms with E-state index in [0.717, 1.165) is 72.3 Å². The van der Waals surface area contributed by atoms with Crippen molar-refractivity contribution in [2.45, 2.75) is 0 Å². The van der Waals surface area contributed by atoms with E-state index in [9.17, 15) is 0 Å². The second-order valence-corrected chi connectivity index (χ2v) is 13.6. The van der Waals surface area contributed by atoms with Crippen LogP contribution in [0, 0.1) is 6.57 Å². The fraction of sp³-hybridized carbons (Fsp3) is 0. The van der Waals surface area contributed by atoms with Crippen molar-refractivity contribution in [3.8, 4) is 73.8 Å². The smallest absolute Gasteiger partial charge is 0.189 e. The zero-order chi connectivity index (χ0) is 38.1. The maximum atomic E-state index is 7.87. The molecule has 57 heavy (non-hydrogen) atoms. The van der Waals surface area contributed by atoms with E-state index < -0.39 is 0 Å². The topological polar surface area (TPSA) is 73.7 Å². The van der Waals surface area contributed by atoms with Gasteiger partial charge in [-0.15, -0.1) is 0 Å². The Labute approximate surface area is 329 Å². The molecule has 0 N–H and O–H groups in total. The third-order valence-electron chi connectivity index (χ3n) is 10.1. The maximum absolute atomic E-state index is 7.87. The zero-order valence-electron chi connectivity index (χ0n) is 30.5. The quantitative estimate of drug-likeness (QED) is 0.153. The van der Waals surface area contributed by atoms with Crippen LogP contribution in [0.25, 0.3) is 100 Å². The van der Waals surface area contributed by atoms with Crippen LogP contribution in [-0.2, 0) is 0 Å². The molecule has 0 saturated carbocycles. The van der Waals surface area contributed by atoms with Gasteiger partial charge < -0.3 is 4.57 Å². The van der Waals surface area contributed by atoms with E-state index in [1.54, 1.807) is 0 Å². The molecule has 0 unspecified atom stereocenters. The number of benzene rings is 7. The maximum Gasteiger partial charge on any atom is 0.189 e. The summed E-state index contributed by atoms with van der Waals surface area (Å²) in [7, 11) is 0. The second kappa shape index (κ2) is 14.3. The van der Waals surface area contributed by atoms with Crippen LogP contribution >= 0.6 is 0 Å². The highest BCUT2D eigenvalue weighted by molar-refractivity contribution is 6.10. The summed E-state index contributed by atoms with van der Waals surface area (Å²) in [6, 6.07) is 62.8. The molecule has 266 valence electrons. The van der Waals surface area contributed by atoms with Crippen LogP contribution < -0.4 is 0 Å². The Morgan fingerprint density at radius 1 is 0.368 bits per heavy atom. The minimum atomic E-state index is 0.495. The van der Waals surface area contributed by atoms with Gasteiger partial charge >= 0.3 is 0 Å². The number of hydrogen-bond donors (Lipinski definition) is 0. The first-order valence-corrected chi connectivity index (χ1v) is 18.6. The molecule has 0 amide bonds. The van der Waals surface area contributed by atoms with Crippen molar-refractivity contribution >= 4 is 27.5 Å². The van der Waals surface area contributed by atoms with E-state index >= 15 is 0 Å². The lowest BCUT2D eigenvalue weighted by atomic mass is 10.0. The number of hydrogen-bond acceptors (Lipinski definition) is 5. The van der Waals surface area contributed by atoms with Gasteiger partial charge in [0.05, 0.1) is 29.2 Å². The minimum Gasteiger partial charge on any atom is -0.310 e. The first-order chi connectivity index (χ1) is 28.2. The predicted octanol–water partition coefficient (Wildman–Crippen LogP) is 12.3. The third-order valence-corrected chi connectivity index (χ3v) is 10.1. The van der Waals surface area contributed by atoms with Gasteiger partial charge in [-0.25, -0.2) is 29.8 Å². The van der Waals surface area contributed by atoms with Gasteiger partial charge in [0.2, 0.25) is 0 Å². The highest BCUT2D eigenvalue weighted by Gasteiger charge is 2.21. The summed E-state index contributed by atoms with van der Waals surface area (Å²) >= 11 is 0. The highest BCUT2D eigenvalue weighted by Crippen LogP contribution is 2.39. The van der Waals surface area contributed by atoms with Crippen LogP contribution in [0.3, 0.4) is 0 Å². The Bertz CT molecular complexity index is 3000. The normalized spacial score (nSPS) is 11.1. The zero-order valence-corrected chi connectivity index (χ0v) is 30.5. The van der Waals surface area contributed by atoms with Crippen molar-refractivity contribution in [2.75, 3.05) is 0 Å². The molecule has 0 spiro atoms. The summed E-state index contributed by atoms with van der Waals surface area (Å²) in [5, 5.41) is 2.13. The Kier molecular flexibility index (Phi) is 8.40. The first-order valence-electron chi connectivity index (χ1n) is 18.6. The van der Waals surface area contributed by atoms with E-state index in [-0.39, 0.29) is 0 Å². The molecular formula is C50H31N7. The molecule has 3 heterocycles. The van der Waals surface area contributed by atoms with E-state index in [4.69, 9.17) is 31.5 Å². The van der Waals surface area contributed by atoms with Gasteiger partial charge in [0.1, 0.15) is 0 Å². The van der Waals surface area contributed by atoms with Crippen molar-refractivity contribution in [3.63, 3.8) is 0 Å². The van der Waals surface area contributed by atoms with Crippen molar-refractivity contribution in [1.29, 1.82) is 0 Å². The van der Waals surface area contributed by atoms with Gasteiger partial charge in [-0.05, 0) is 36.4 Å². The Balaban J connectivity index is 1.28. The molecule has 0 atom stereocenters. The van der Waals surface area contributed by atoms with Gasteiger partial charge in [0.15, 0.2) is 29.0 Å². The second-order valence-electron chi connectivity index (χ2n) is 13.6. The van der Waals surface area contributed by atoms with Crippen molar-refractivity contribution in [2.24, 2.45) is 0 Å². The highest BCUT2D eigenvalue weighted by atomic mass is 15.1. The molecule has 0 aliphatic rings. The van der Waals surface area contributed by atoms with Crippen LogP contribution in [0.4, 0.5) is 5.69 Å². The molecule has 3 aromatic heterocycles. The average molecular weight is 730 g/mol. The lowest BCUT2D eigenvalue weighted by Gasteiger charge is -2.16. The average Bonchev–Trinajstić information content (AvgIpc) is 3.63. The van der Waals surface area contributed by atoms with E-state index in [0.29, 0.717) is 29.0 Å². The summed E-state index contributed by atoms with van der Waals surface area (Å²) in [5.74, 6) is 2.18.